The van der Waals surface area contributed by atoms with E-state index in [2.05, 4.69) is 0 Å². The average molecular weight is 125 g/mol. The van der Waals surface area contributed by atoms with Crippen molar-refractivity contribution in [2.24, 2.45) is 0 Å². The lowest BCUT2D eigenvalue weighted by molar-refractivity contribution is -0.108. The van der Waals surface area contributed by atoms with E-state index >= 15 is 0 Å². The Morgan fingerprint density at radius 1 is 1.71 bits per heavy atom. The number of carbonyl (C=O) groups is 1. The molecule has 0 bridgehead atoms. The predicted molar refractivity (Wildman–Crippen MR) is 28.0 cm³/mol. The van der Waals surface area contributed by atoms with Crippen molar-refractivity contribution in [1.29, 1.82) is 0 Å². The molecule has 0 aromatic carbocycles. The van der Waals surface area contributed by atoms with Crippen molar-refractivity contribution >= 4 is 17.2 Å². The highest BCUT2D eigenvalue weighted by molar-refractivity contribution is 8.22. The maximum atomic E-state index is 9.41. The van der Waals surface area contributed by atoms with Gasteiger partial charge in [0.1, 0.15) is 0 Å². The van der Waals surface area contributed by atoms with Crippen LogP contribution in [0.2, 0.25) is 0 Å². The van der Waals surface area contributed by atoms with Crippen LogP contribution in [0.15, 0.2) is 0 Å². The summed E-state index contributed by atoms with van der Waals surface area (Å²) in [4.78, 5) is 9.41. The monoisotopic (exact) mass is 125 g/mol. The normalized spacial score (nSPS) is 13.0. The van der Waals surface area contributed by atoms with E-state index in [0.29, 0.717) is 0 Å². The Bertz CT molecular complexity index is 67.8. The van der Waals surface area contributed by atoms with Crippen molar-refractivity contribution in [1.82, 2.24) is 4.72 Å². The van der Waals surface area contributed by atoms with E-state index in [-0.39, 0.29) is 6.41 Å². The van der Waals surface area contributed by atoms with Crippen LogP contribution >= 0.6 is 10.8 Å². The van der Waals surface area contributed by atoms with E-state index in [1.54, 1.807) is 4.72 Å². The molecule has 0 spiro atoms. The maximum Gasteiger partial charge on any atom is 0.225 e. The van der Waals surface area contributed by atoms with Crippen molar-refractivity contribution in [2.45, 2.75) is 0 Å². The molecule has 5 heteroatoms. The molecule has 0 rings (SSSR count). The highest BCUT2D eigenvalue weighted by Crippen LogP contribution is 2.25. The Morgan fingerprint density at radius 3 is 2.14 bits per heavy atom. The highest BCUT2D eigenvalue weighted by atomic mass is 32.3. The van der Waals surface area contributed by atoms with Crippen LogP contribution < -0.4 is 4.72 Å². The number of hydrogen-bond donors (Lipinski definition) is 3. The number of carbonyl (C=O) groups excluding carboxylic acids is 1. The summed E-state index contributed by atoms with van der Waals surface area (Å²) in [6, 6.07) is 0. The van der Waals surface area contributed by atoms with Gasteiger partial charge in [0.25, 0.3) is 0 Å². The third-order valence-corrected chi connectivity index (χ3v) is 0.814. The molecule has 0 aliphatic carbocycles. The van der Waals surface area contributed by atoms with Gasteiger partial charge in [-0.3, -0.25) is 18.6 Å². The van der Waals surface area contributed by atoms with Gasteiger partial charge >= 0.3 is 0 Å². The summed E-state index contributed by atoms with van der Waals surface area (Å²) < 4.78 is 18.4. The first-order chi connectivity index (χ1) is 3.06. The predicted octanol–water partition coefficient (Wildman–Crippen LogP) is 0.0278. The Labute approximate surface area is 43.0 Å². The SMILES string of the molecule is CS(O)(O)NC=O. The Balaban J connectivity index is 3.34. The molecule has 44 valence electrons. The van der Waals surface area contributed by atoms with E-state index in [0.717, 1.165) is 6.26 Å². The summed E-state index contributed by atoms with van der Waals surface area (Å²) in [5.74, 6) is 0. The molecule has 0 saturated carbocycles. The Kier molecular flexibility index (Phi) is 2.07. The highest BCUT2D eigenvalue weighted by Gasteiger charge is 1.95. The second kappa shape index (κ2) is 2.15. The molecule has 0 saturated heterocycles. The summed E-state index contributed by atoms with van der Waals surface area (Å²) in [5, 5.41) is 0. The van der Waals surface area contributed by atoms with Crippen LogP contribution in [0, 0.1) is 0 Å². The lowest BCUT2D eigenvalue weighted by Crippen LogP contribution is -2.15. The van der Waals surface area contributed by atoms with Gasteiger partial charge in [-0.05, 0) is 0 Å². The molecular weight excluding hydrogens is 118 g/mol. The molecule has 4 nitrogen and oxygen atoms in total. The van der Waals surface area contributed by atoms with Gasteiger partial charge in [-0.25, -0.2) is 0 Å². The first kappa shape index (κ1) is 6.74. The standard InChI is InChI=1S/C2H7NO3S/c1-7(5,6)3-2-4/h2,5-6H,1H3,(H,3,4). The molecule has 0 unspecified atom stereocenters. The second-order valence-corrected chi connectivity index (χ2v) is 2.97. The van der Waals surface area contributed by atoms with Crippen molar-refractivity contribution < 1.29 is 13.9 Å². The van der Waals surface area contributed by atoms with Gasteiger partial charge < -0.3 is 0 Å². The fraction of sp³-hybridized carbons (Fsp3) is 0.500. The maximum absolute atomic E-state index is 9.41. The van der Waals surface area contributed by atoms with Gasteiger partial charge in [0, 0.05) is 6.26 Å². The topological polar surface area (TPSA) is 69.6 Å². The van der Waals surface area contributed by atoms with Crippen molar-refractivity contribution in [2.75, 3.05) is 6.26 Å². The van der Waals surface area contributed by atoms with Gasteiger partial charge in [-0.2, -0.15) is 0 Å². The first-order valence-electron chi connectivity index (χ1n) is 1.50. The third-order valence-electron chi connectivity index (χ3n) is 0.271. The summed E-state index contributed by atoms with van der Waals surface area (Å²) in [7, 11) is -2.79. The molecule has 0 atom stereocenters. The molecule has 1 amide bonds. The number of hydrogen-bond acceptors (Lipinski definition) is 3. The Morgan fingerprint density at radius 2 is 2.14 bits per heavy atom. The van der Waals surface area contributed by atoms with Gasteiger partial charge in [0.2, 0.25) is 6.41 Å². The van der Waals surface area contributed by atoms with E-state index in [9.17, 15) is 4.79 Å². The van der Waals surface area contributed by atoms with Crippen molar-refractivity contribution in [3.05, 3.63) is 0 Å². The van der Waals surface area contributed by atoms with Gasteiger partial charge in [-0.15, -0.1) is 10.8 Å². The number of nitrogens with one attached hydrogen (secondary N) is 1. The van der Waals surface area contributed by atoms with Gasteiger partial charge in [0.15, 0.2) is 0 Å². The molecule has 3 N–H and O–H groups in total. The lowest BCUT2D eigenvalue weighted by Gasteiger charge is -2.24. The average Bonchev–Trinajstić information content (AvgIpc) is 1.30. The zero-order valence-electron chi connectivity index (χ0n) is 3.79. The zero-order chi connectivity index (χ0) is 5.91. The summed E-state index contributed by atoms with van der Waals surface area (Å²) in [6.07, 6.45) is 1.37. The molecule has 7 heavy (non-hydrogen) atoms. The first-order valence-corrected chi connectivity index (χ1v) is 3.46. The summed E-state index contributed by atoms with van der Waals surface area (Å²) >= 11 is 0. The van der Waals surface area contributed by atoms with Crippen molar-refractivity contribution in [3.8, 4) is 0 Å². The smallest absolute Gasteiger partial charge is 0.225 e. The number of rotatable bonds is 2. The van der Waals surface area contributed by atoms with Crippen LogP contribution in [0.5, 0.6) is 0 Å². The van der Waals surface area contributed by atoms with E-state index in [1.807, 2.05) is 0 Å². The third kappa shape index (κ3) is 5.74. The van der Waals surface area contributed by atoms with E-state index < -0.39 is 10.8 Å². The summed E-state index contributed by atoms with van der Waals surface area (Å²) in [6.45, 7) is 0. The lowest BCUT2D eigenvalue weighted by atomic mass is 11.5. The van der Waals surface area contributed by atoms with Crippen molar-refractivity contribution in [3.63, 3.8) is 0 Å². The summed E-state index contributed by atoms with van der Waals surface area (Å²) in [5.41, 5.74) is 0. The second-order valence-electron chi connectivity index (χ2n) is 1.07. The fourth-order valence-electron chi connectivity index (χ4n) is 0.0911. The minimum Gasteiger partial charge on any atom is -0.282 e. The molecular formula is C2H7NO3S. The van der Waals surface area contributed by atoms with Crippen LogP contribution in [-0.2, 0) is 4.79 Å². The molecule has 0 aliphatic heterocycles. The fourth-order valence-corrected chi connectivity index (χ4v) is 0.273. The molecule has 0 fully saturated rings. The largest absolute Gasteiger partial charge is 0.282 e. The van der Waals surface area contributed by atoms with Gasteiger partial charge in [-0.1, -0.05) is 0 Å². The van der Waals surface area contributed by atoms with Crippen LogP contribution in [0.25, 0.3) is 0 Å². The van der Waals surface area contributed by atoms with Crippen LogP contribution in [0.4, 0.5) is 0 Å². The van der Waals surface area contributed by atoms with E-state index in [4.69, 9.17) is 9.11 Å². The molecule has 0 aromatic rings. The number of amides is 1. The quantitative estimate of drug-likeness (QED) is 0.456. The minimum atomic E-state index is -2.79. The van der Waals surface area contributed by atoms with Crippen LogP contribution in [0.1, 0.15) is 0 Å². The van der Waals surface area contributed by atoms with E-state index in [1.165, 1.54) is 0 Å². The molecule has 0 aromatic heterocycles. The van der Waals surface area contributed by atoms with Crippen LogP contribution in [0.3, 0.4) is 0 Å². The minimum absolute atomic E-state index is 0.245. The molecule has 0 aliphatic rings. The molecule has 0 heterocycles. The van der Waals surface area contributed by atoms with Gasteiger partial charge in [0.05, 0.1) is 0 Å². The Hall–Kier alpha value is -0.260. The molecule has 0 radical (unpaired) electrons. The van der Waals surface area contributed by atoms with Crippen LogP contribution in [-0.4, -0.2) is 21.8 Å². The zero-order valence-corrected chi connectivity index (χ0v) is 4.60.